The van der Waals surface area contributed by atoms with Crippen LogP contribution in [0.4, 0.5) is 0 Å². The predicted octanol–water partition coefficient (Wildman–Crippen LogP) is 14.5. The van der Waals surface area contributed by atoms with Crippen molar-refractivity contribution in [2.24, 2.45) is 0 Å². The largest absolute Gasteiger partial charge is 0.309 e. The van der Waals surface area contributed by atoms with Crippen LogP contribution in [0.25, 0.3) is 99.5 Å². The van der Waals surface area contributed by atoms with Crippen LogP contribution in [0.5, 0.6) is 0 Å². The summed E-state index contributed by atoms with van der Waals surface area (Å²) in [5, 5.41) is 5.02. The average molecular weight is 713 g/mol. The first-order valence-electron chi connectivity index (χ1n) is 19.3. The molecule has 2 heterocycles. The van der Waals surface area contributed by atoms with Gasteiger partial charge in [0, 0.05) is 32.9 Å². The first-order valence-corrected chi connectivity index (χ1v) is 19.3. The van der Waals surface area contributed by atoms with E-state index in [1.165, 1.54) is 88.1 Å². The molecule has 11 aromatic rings. The van der Waals surface area contributed by atoms with E-state index in [1.807, 2.05) is 0 Å². The van der Waals surface area contributed by atoms with Crippen molar-refractivity contribution in [3.05, 3.63) is 218 Å². The fourth-order valence-electron chi connectivity index (χ4n) is 8.72. The molecule has 0 N–H and O–H groups in total. The zero-order chi connectivity index (χ0) is 37.0. The summed E-state index contributed by atoms with van der Waals surface area (Å²) < 4.78 is 4.92. The number of aromatic nitrogens is 2. The van der Waals surface area contributed by atoms with Gasteiger partial charge in [0.25, 0.3) is 0 Å². The quantitative estimate of drug-likeness (QED) is 0.162. The van der Waals surface area contributed by atoms with E-state index in [9.17, 15) is 0 Å². The monoisotopic (exact) mass is 712 g/mol. The summed E-state index contributed by atoms with van der Waals surface area (Å²) in [6, 6.07) is 79.4. The zero-order valence-corrected chi connectivity index (χ0v) is 30.7. The molecule has 0 saturated carbocycles. The maximum atomic E-state index is 2.48. The molecule has 0 spiro atoms. The normalized spacial score (nSPS) is 11.6. The van der Waals surface area contributed by atoms with Crippen molar-refractivity contribution in [2.75, 3.05) is 0 Å². The van der Waals surface area contributed by atoms with Crippen molar-refractivity contribution in [1.82, 2.24) is 9.13 Å². The lowest BCUT2D eigenvalue weighted by molar-refractivity contribution is 1.17. The van der Waals surface area contributed by atoms with E-state index < -0.39 is 0 Å². The molecule has 0 radical (unpaired) electrons. The highest BCUT2D eigenvalue weighted by molar-refractivity contribution is 6.29. The van der Waals surface area contributed by atoms with Crippen molar-refractivity contribution in [1.29, 1.82) is 0 Å². The standard InChI is InChI=1S/C54H36N2/c1-4-15-37(16-5-1)40-21-12-22-41(33-40)43-24-14-26-46(35-43)56-51-32-31-50-53(54(51)48-30-29-44(36-52(48)56)39-19-8-3-9-20-39)47-27-10-11-28-49(47)55(50)45-25-13-23-42(34-45)38-17-6-2-7-18-38/h1-36H. The van der Waals surface area contributed by atoms with Gasteiger partial charge in [0.1, 0.15) is 0 Å². The minimum absolute atomic E-state index is 1.14. The summed E-state index contributed by atoms with van der Waals surface area (Å²) in [6.07, 6.45) is 0. The van der Waals surface area contributed by atoms with Crippen LogP contribution in [0.15, 0.2) is 218 Å². The summed E-state index contributed by atoms with van der Waals surface area (Å²) in [5.41, 5.74) is 16.7. The van der Waals surface area contributed by atoms with Crippen molar-refractivity contribution >= 4 is 43.6 Å². The Bertz CT molecular complexity index is 3220. The van der Waals surface area contributed by atoms with Gasteiger partial charge in [0.05, 0.1) is 22.1 Å². The molecule has 9 aromatic carbocycles. The molecule has 2 aromatic heterocycles. The Balaban J connectivity index is 1.18. The third-order valence-corrected chi connectivity index (χ3v) is 11.3. The molecule has 0 aliphatic carbocycles. The minimum Gasteiger partial charge on any atom is -0.309 e. The van der Waals surface area contributed by atoms with Crippen LogP contribution < -0.4 is 0 Å². The molecule has 0 amide bonds. The van der Waals surface area contributed by atoms with E-state index in [2.05, 4.69) is 228 Å². The molecule has 0 fully saturated rings. The molecular formula is C54H36N2. The van der Waals surface area contributed by atoms with Crippen LogP contribution in [0.2, 0.25) is 0 Å². The van der Waals surface area contributed by atoms with E-state index in [0.717, 1.165) is 11.4 Å². The number of para-hydroxylation sites is 1. The van der Waals surface area contributed by atoms with Crippen molar-refractivity contribution in [3.8, 4) is 55.9 Å². The molecule has 0 unspecified atom stereocenters. The number of hydrogen-bond donors (Lipinski definition) is 0. The molecular weight excluding hydrogens is 677 g/mol. The van der Waals surface area contributed by atoms with Crippen molar-refractivity contribution in [3.63, 3.8) is 0 Å². The highest BCUT2D eigenvalue weighted by Crippen LogP contribution is 2.44. The van der Waals surface area contributed by atoms with E-state index in [-0.39, 0.29) is 0 Å². The Kier molecular flexibility index (Phi) is 7.53. The number of nitrogens with zero attached hydrogens (tertiary/aromatic N) is 2. The van der Waals surface area contributed by atoms with Crippen LogP contribution >= 0.6 is 0 Å². The molecule has 56 heavy (non-hydrogen) atoms. The molecule has 0 saturated heterocycles. The maximum absolute atomic E-state index is 2.48. The smallest absolute Gasteiger partial charge is 0.0548 e. The van der Waals surface area contributed by atoms with Crippen LogP contribution in [-0.4, -0.2) is 9.13 Å². The summed E-state index contributed by atoms with van der Waals surface area (Å²) in [4.78, 5) is 0. The van der Waals surface area contributed by atoms with Gasteiger partial charge in [-0.1, -0.05) is 164 Å². The molecule has 262 valence electrons. The summed E-state index contributed by atoms with van der Waals surface area (Å²) in [6.45, 7) is 0. The Morgan fingerprint density at radius 3 is 1.18 bits per heavy atom. The van der Waals surface area contributed by atoms with Crippen LogP contribution in [-0.2, 0) is 0 Å². The fraction of sp³-hybridized carbons (Fsp3) is 0. The number of hydrogen-bond acceptors (Lipinski definition) is 0. The van der Waals surface area contributed by atoms with Crippen molar-refractivity contribution in [2.45, 2.75) is 0 Å². The number of rotatable bonds is 6. The highest BCUT2D eigenvalue weighted by atomic mass is 15.0. The molecule has 0 bridgehead atoms. The van der Waals surface area contributed by atoms with Crippen LogP contribution in [0, 0.1) is 0 Å². The van der Waals surface area contributed by atoms with Crippen LogP contribution in [0.3, 0.4) is 0 Å². The Hall–Kier alpha value is -7.42. The summed E-state index contributed by atoms with van der Waals surface area (Å²) >= 11 is 0. The number of fused-ring (bicyclic) bond motifs is 7. The van der Waals surface area contributed by atoms with Gasteiger partial charge in [-0.3, -0.25) is 0 Å². The average Bonchev–Trinajstić information content (AvgIpc) is 3.80. The number of benzene rings is 9. The molecule has 2 nitrogen and oxygen atoms in total. The second kappa shape index (κ2) is 13.2. The van der Waals surface area contributed by atoms with E-state index >= 15 is 0 Å². The van der Waals surface area contributed by atoms with Gasteiger partial charge in [-0.05, 0) is 99.1 Å². The SMILES string of the molecule is c1ccc(-c2cccc(-c3cccc(-n4c5cc(-c6ccccc6)ccc5c5c6c7ccccc7n(-c7cccc(-c8ccccc8)c7)c6ccc54)c3)c2)cc1. The summed E-state index contributed by atoms with van der Waals surface area (Å²) in [7, 11) is 0. The van der Waals surface area contributed by atoms with E-state index in [4.69, 9.17) is 0 Å². The summed E-state index contributed by atoms with van der Waals surface area (Å²) in [5.74, 6) is 0. The Labute approximate surface area is 325 Å². The van der Waals surface area contributed by atoms with Gasteiger partial charge in [0.15, 0.2) is 0 Å². The first-order chi connectivity index (χ1) is 27.8. The topological polar surface area (TPSA) is 9.86 Å². The second-order valence-corrected chi connectivity index (χ2v) is 14.6. The van der Waals surface area contributed by atoms with Gasteiger partial charge >= 0.3 is 0 Å². The Morgan fingerprint density at radius 1 is 0.214 bits per heavy atom. The molecule has 2 heteroatoms. The highest BCUT2D eigenvalue weighted by Gasteiger charge is 2.21. The van der Waals surface area contributed by atoms with E-state index in [1.54, 1.807) is 0 Å². The lowest BCUT2D eigenvalue weighted by Crippen LogP contribution is -1.96. The van der Waals surface area contributed by atoms with Gasteiger partial charge in [-0.15, -0.1) is 0 Å². The predicted molar refractivity (Wildman–Crippen MR) is 237 cm³/mol. The third-order valence-electron chi connectivity index (χ3n) is 11.3. The third kappa shape index (κ3) is 5.26. The van der Waals surface area contributed by atoms with Crippen molar-refractivity contribution < 1.29 is 0 Å². The van der Waals surface area contributed by atoms with E-state index in [0.29, 0.717) is 0 Å². The first kappa shape index (κ1) is 32.0. The fourth-order valence-corrected chi connectivity index (χ4v) is 8.72. The maximum Gasteiger partial charge on any atom is 0.0548 e. The van der Waals surface area contributed by atoms with Gasteiger partial charge in [-0.2, -0.15) is 0 Å². The second-order valence-electron chi connectivity index (χ2n) is 14.6. The lowest BCUT2D eigenvalue weighted by Gasteiger charge is -2.12. The molecule has 0 atom stereocenters. The zero-order valence-electron chi connectivity index (χ0n) is 30.7. The van der Waals surface area contributed by atoms with Crippen LogP contribution in [0.1, 0.15) is 0 Å². The minimum atomic E-state index is 1.14. The van der Waals surface area contributed by atoms with Gasteiger partial charge < -0.3 is 9.13 Å². The Morgan fingerprint density at radius 2 is 0.607 bits per heavy atom. The molecule has 0 aliphatic rings. The van der Waals surface area contributed by atoms with Gasteiger partial charge in [0.2, 0.25) is 0 Å². The molecule has 0 aliphatic heterocycles. The molecule has 11 rings (SSSR count). The lowest BCUT2D eigenvalue weighted by atomic mass is 9.99. The van der Waals surface area contributed by atoms with Gasteiger partial charge in [-0.25, -0.2) is 0 Å².